The maximum absolute atomic E-state index is 12.0. The number of ether oxygens (including phenoxy) is 1. The first kappa shape index (κ1) is 15.8. The first-order valence-electron chi connectivity index (χ1n) is 5.08. The lowest BCUT2D eigenvalue weighted by molar-refractivity contribution is -0.0732. The number of halogens is 4. The molecule has 0 aromatic heterocycles. The minimum absolute atomic E-state index is 0.0699. The molecule has 0 aliphatic rings. The van der Waals surface area contributed by atoms with Gasteiger partial charge in [0.2, 0.25) is 0 Å². The monoisotopic (exact) mass is 257 g/mol. The highest BCUT2D eigenvalue weighted by Crippen LogP contribution is 2.20. The van der Waals surface area contributed by atoms with Crippen molar-refractivity contribution in [3.8, 4) is 0 Å². The second-order valence-electron chi connectivity index (χ2n) is 3.42. The summed E-state index contributed by atoms with van der Waals surface area (Å²) in [6.45, 7) is 1.75. The van der Waals surface area contributed by atoms with E-state index < -0.39 is 23.9 Å². The molecule has 0 aliphatic carbocycles. The number of hydrogen-bond donors (Lipinski definition) is 3. The van der Waals surface area contributed by atoms with Crippen LogP contribution in [0.2, 0.25) is 0 Å². The molecule has 0 fully saturated rings. The molecule has 0 amide bonds. The molecule has 0 spiro atoms. The minimum atomic E-state index is -4.88. The van der Waals surface area contributed by atoms with Crippen LogP contribution >= 0.6 is 0 Å². The molecule has 100 valence electrons. The molecule has 0 saturated carbocycles. The normalized spacial score (nSPS) is 13.2. The summed E-state index contributed by atoms with van der Waals surface area (Å²) < 4.78 is 51.7. The van der Waals surface area contributed by atoms with Crippen molar-refractivity contribution in [2.24, 2.45) is 5.92 Å². The van der Waals surface area contributed by atoms with Crippen molar-refractivity contribution in [3.05, 3.63) is 0 Å². The number of hydrogen-bond acceptors (Lipinski definition) is 4. The first-order chi connectivity index (χ1) is 7.82. The minimum Gasteiger partial charge on any atom is -0.421 e. The summed E-state index contributed by atoms with van der Waals surface area (Å²) in [4.78, 5) is 0. The van der Waals surface area contributed by atoms with Crippen LogP contribution < -0.4 is 5.54 Å². The lowest BCUT2D eigenvalue weighted by Gasteiger charge is -2.17. The lowest BCUT2D eigenvalue weighted by atomic mass is 10.0. The van der Waals surface area contributed by atoms with Crippen LogP contribution in [0.25, 0.3) is 0 Å². The van der Waals surface area contributed by atoms with Crippen molar-refractivity contribution in [3.63, 3.8) is 0 Å². The van der Waals surface area contributed by atoms with Gasteiger partial charge in [-0.2, -0.15) is 18.7 Å². The standard InChI is InChI=1S/C9H15F4N3O/c1-2-6(4-3-5-16-13)7(14)17-8(15)9(10,11)12/h6,14-16H,2-5H2,1H3/t6-/m0/s1. The highest BCUT2D eigenvalue weighted by atomic mass is 19.4. The molecule has 0 bridgehead atoms. The predicted molar refractivity (Wildman–Crippen MR) is 54.7 cm³/mol. The summed E-state index contributed by atoms with van der Waals surface area (Å²) in [6, 6.07) is 0. The smallest absolute Gasteiger partial charge is 0.421 e. The molecule has 0 aliphatic heterocycles. The topological polar surface area (TPSA) is 69.0 Å². The molecule has 0 aromatic carbocycles. The molecule has 0 saturated heterocycles. The van der Waals surface area contributed by atoms with Gasteiger partial charge in [0.25, 0.3) is 5.90 Å². The van der Waals surface area contributed by atoms with Gasteiger partial charge in [-0.1, -0.05) is 6.92 Å². The highest BCUT2D eigenvalue weighted by molar-refractivity contribution is 5.92. The van der Waals surface area contributed by atoms with Crippen LogP contribution in [0, 0.1) is 16.7 Å². The van der Waals surface area contributed by atoms with E-state index in [1.54, 1.807) is 6.92 Å². The molecule has 4 nitrogen and oxygen atoms in total. The summed E-state index contributed by atoms with van der Waals surface area (Å²) in [5.41, 5.74) is 1.42. The van der Waals surface area contributed by atoms with Gasteiger partial charge in [0.05, 0.1) is 0 Å². The van der Waals surface area contributed by atoms with E-state index in [0.29, 0.717) is 19.3 Å². The molecular formula is C9H15F4N3O. The van der Waals surface area contributed by atoms with Crippen molar-refractivity contribution >= 4 is 11.8 Å². The highest BCUT2D eigenvalue weighted by Gasteiger charge is 2.38. The predicted octanol–water partition coefficient (Wildman–Crippen LogP) is 2.80. The van der Waals surface area contributed by atoms with E-state index in [1.165, 1.54) is 5.54 Å². The van der Waals surface area contributed by atoms with Crippen molar-refractivity contribution in [2.45, 2.75) is 32.4 Å². The van der Waals surface area contributed by atoms with Crippen LogP contribution in [0.4, 0.5) is 17.7 Å². The van der Waals surface area contributed by atoms with E-state index in [2.05, 4.69) is 4.74 Å². The fourth-order valence-electron chi connectivity index (χ4n) is 1.19. The fraction of sp³-hybridized carbons (Fsp3) is 0.778. The molecule has 17 heavy (non-hydrogen) atoms. The van der Waals surface area contributed by atoms with Crippen molar-refractivity contribution in [2.75, 3.05) is 6.54 Å². The zero-order valence-corrected chi connectivity index (χ0v) is 9.33. The molecule has 0 aromatic rings. The van der Waals surface area contributed by atoms with Crippen LogP contribution in [0.5, 0.6) is 0 Å². The van der Waals surface area contributed by atoms with Crippen LogP contribution in [-0.2, 0) is 4.74 Å². The van der Waals surface area contributed by atoms with Crippen molar-refractivity contribution in [1.29, 1.82) is 10.8 Å². The fourth-order valence-corrected chi connectivity index (χ4v) is 1.19. The van der Waals surface area contributed by atoms with Crippen LogP contribution in [0.15, 0.2) is 0 Å². The van der Waals surface area contributed by atoms with Gasteiger partial charge < -0.3 is 4.74 Å². The van der Waals surface area contributed by atoms with Crippen LogP contribution in [0.1, 0.15) is 26.2 Å². The average Bonchev–Trinajstić information content (AvgIpc) is 2.22. The van der Waals surface area contributed by atoms with Gasteiger partial charge in [0.15, 0.2) is 5.90 Å². The third-order valence-corrected chi connectivity index (χ3v) is 2.16. The lowest BCUT2D eigenvalue weighted by Crippen LogP contribution is -2.30. The van der Waals surface area contributed by atoms with Gasteiger partial charge in [-0.25, -0.2) is 0 Å². The summed E-state index contributed by atoms with van der Waals surface area (Å²) >= 11 is 0. The summed E-state index contributed by atoms with van der Waals surface area (Å²) in [5, 5.41) is 13.9. The number of nitrogens with one attached hydrogen (secondary N) is 3. The Labute approximate surface area is 96.3 Å². The van der Waals surface area contributed by atoms with E-state index in [9.17, 15) is 17.7 Å². The molecule has 8 heteroatoms. The third kappa shape index (κ3) is 6.20. The third-order valence-electron chi connectivity index (χ3n) is 2.16. The molecule has 0 radical (unpaired) electrons. The largest absolute Gasteiger partial charge is 0.468 e. The van der Waals surface area contributed by atoms with Gasteiger partial charge in [0, 0.05) is 12.5 Å². The summed E-state index contributed by atoms with van der Waals surface area (Å²) in [5.74, 6) is -3.04. The summed E-state index contributed by atoms with van der Waals surface area (Å²) in [6.07, 6.45) is -3.78. The Morgan fingerprint density at radius 3 is 2.35 bits per heavy atom. The second-order valence-corrected chi connectivity index (χ2v) is 3.42. The van der Waals surface area contributed by atoms with Gasteiger partial charge in [0.1, 0.15) is 0 Å². The van der Waals surface area contributed by atoms with E-state index >= 15 is 0 Å². The van der Waals surface area contributed by atoms with Crippen molar-refractivity contribution in [1.82, 2.24) is 5.54 Å². The molecule has 1 atom stereocenters. The van der Waals surface area contributed by atoms with Crippen LogP contribution in [-0.4, -0.2) is 24.5 Å². The van der Waals surface area contributed by atoms with Gasteiger partial charge in [-0.15, -0.1) is 4.48 Å². The Morgan fingerprint density at radius 2 is 1.94 bits per heavy atom. The van der Waals surface area contributed by atoms with Crippen LogP contribution in [0.3, 0.4) is 0 Å². The van der Waals surface area contributed by atoms with Gasteiger partial charge >= 0.3 is 6.18 Å². The first-order valence-corrected chi connectivity index (χ1v) is 5.08. The quantitative estimate of drug-likeness (QED) is 0.225. The maximum Gasteiger partial charge on any atom is 0.468 e. The second kappa shape index (κ2) is 7.21. The molecule has 0 unspecified atom stereocenters. The molecule has 3 N–H and O–H groups in total. The zero-order valence-electron chi connectivity index (χ0n) is 9.33. The average molecular weight is 257 g/mol. The summed E-state index contributed by atoms with van der Waals surface area (Å²) in [7, 11) is 0. The molecular weight excluding hydrogens is 242 g/mol. The van der Waals surface area contributed by atoms with E-state index in [4.69, 9.17) is 10.8 Å². The number of alkyl halides is 3. The Kier molecular flexibility index (Phi) is 6.71. The van der Waals surface area contributed by atoms with E-state index in [1.807, 2.05) is 0 Å². The molecule has 0 heterocycles. The molecule has 0 rings (SSSR count). The zero-order chi connectivity index (χ0) is 13.5. The number of rotatable bonds is 6. The Balaban J connectivity index is 4.21. The maximum atomic E-state index is 12.0. The Morgan fingerprint density at radius 1 is 1.35 bits per heavy atom. The van der Waals surface area contributed by atoms with E-state index in [0.717, 1.165) is 0 Å². The SMILES string of the molecule is CC[C@@H](CCCNF)C(=N)OC(=N)C(F)(F)F. The Bertz CT molecular complexity index is 267. The van der Waals surface area contributed by atoms with Crippen molar-refractivity contribution < 1.29 is 22.4 Å². The van der Waals surface area contributed by atoms with Gasteiger partial charge in [-0.05, 0) is 19.3 Å². The van der Waals surface area contributed by atoms with Gasteiger partial charge in [-0.3, -0.25) is 10.8 Å². The van der Waals surface area contributed by atoms with E-state index in [-0.39, 0.29) is 6.54 Å². The Hall–Kier alpha value is -1.18.